The monoisotopic (exact) mass is 1490 g/mol. The zero-order chi connectivity index (χ0) is 71.2. The number of nitrogens with one attached hydrogen (secondary N) is 2. The van der Waals surface area contributed by atoms with Crippen LogP contribution in [-0.4, -0.2) is 159 Å². The number of ether oxygens (including phenoxy) is 3. The van der Waals surface area contributed by atoms with Gasteiger partial charge in [0.15, 0.2) is 11.6 Å². The van der Waals surface area contributed by atoms with E-state index in [0.717, 1.165) is 0 Å². The smallest absolute Gasteiger partial charge is 0.307 e. The molecule has 12 rings (SSSR count). The molecule has 4 amide bonds. The first-order valence-corrected chi connectivity index (χ1v) is 38.2. The van der Waals surface area contributed by atoms with Gasteiger partial charge in [-0.1, -0.05) is 63.8 Å². The molecule has 4 aliphatic carbocycles. The number of nitrogens with zero attached hydrogens (tertiary/aromatic N) is 6. The number of sulfonamides is 2. The summed E-state index contributed by atoms with van der Waals surface area (Å²) in [6.07, 6.45) is 0.406. The fraction of sp³-hybridized carbons (Fsp3) is 0.671. The zero-order valence-electron chi connectivity index (χ0n) is 57.6. The van der Waals surface area contributed by atoms with Gasteiger partial charge >= 0.3 is 5.97 Å². The normalized spacial score (nSPS) is 28.8. The molecule has 0 radical (unpaired) electrons. The number of halogens is 6. The van der Waals surface area contributed by atoms with Crippen LogP contribution in [0.3, 0.4) is 0 Å². The number of alkyl halides is 4. The van der Waals surface area contributed by atoms with Gasteiger partial charge in [-0.15, -0.1) is 24.8 Å². The largest absolute Gasteiger partial charge is 0.471 e. The lowest BCUT2D eigenvalue weighted by Crippen LogP contribution is -2.49. The molecule has 6 heterocycles. The van der Waals surface area contributed by atoms with Crippen molar-refractivity contribution in [2.45, 2.75) is 253 Å². The molecule has 4 saturated heterocycles. The molecule has 8 aliphatic rings. The number of amides is 4. The van der Waals surface area contributed by atoms with Crippen molar-refractivity contribution < 1.29 is 82.2 Å². The van der Waals surface area contributed by atoms with Crippen LogP contribution in [0.1, 0.15) is 194 Å². The highest BCUT2D eigenvalue weighted by Crippen LogP contribution is 2.62. The van der Waals surface area contributed by atoms with E-state index < -0.39 is 187 Å². The van der Waals surface area contributed by atoms with E-state index in [1.807, 2.05) is 56.3 Å². The van der Waals surface area contributed by atoms with E-state index in [0.29, 0.717) is 104 Å². The molecule has 0 bridgehead atoms. The van der Waals surface area contributed by atoms with Gasteiger partial charge in [0.05, 0.1) is 81.0 Å². The molecule has 4 saturated carbocycles. The minimum absolute atomic E-state index is 0. The summed E-state index contributed by atoms with van der Waals surface area (Å²) >= 11 is 0. The van der Waals surface area contributed by atoms with Crippen molar-refractivity contribution in [2.75, 3.05) is 13.1 Å². The number of hydrogen-bond acceptors (Lipinski definition) is 19. The molecule has 23 nitrogen and oxygen atoms in total. The van der Waals surface area contributed by atoms with Gasteiger partial charge in [-0.3, -0.25) is 43.0 Å². The lowest BCUT2D eigenvalue weighted by atomic mass is 9.89. The predicted molar refractivity (Wildman–Crippen MR) is 369 cm³/mol. The number of hydrogen-bond donors (Lipinski definition) is 3. The van der Waals surface area contributed by atoms with Gasteiger partial charge in [-0.2, -0.15) is 0 Å². The second-order valence-electron chi connectivity index (χ2n) is 29.8. The maximum Gasteiger partial charge on any atom is 0.307 e. The minimum atomic E-state index is -4.02. The van der Waals surface area contributed by atoms with Crippen molar-refractivity contribution in [2.24, 2.45) is 34.3 Å². The topological polar surface area (TPSA) is 324 Å². The summed E-state index contributed by atoms with van der Waals surface area (Å²) in [4.78, 5) is 118. The molecule has 2 aromatic carbocycles. The first-order chi connectivity index (χ1) is 46.7. The van der Waals surface area contributed by atoms with E-state index in [9.17, 15) is 50.4 Å². The Kier molecular flexibility index (Phi) is 24.2. The lowest BCUT2D eigenvalue weighted by molar-refractivity contribution is -0.159. The molecule has 2 aromatic heterocycles. The standard InChI is InChI=1S/C38H50F2N4O8S.C32H41F2N5O6S.2ClH/c1-5-27-33(42-29-13-9-8-12-28(29)41-27)51-25-18-30-31(45)21-37(35(48)43-53(49,50)26-14-15-26)19-24(37)20-38(39,40)16-10-6-7-11-23(34(47)44(30)22-25)17-32(46)52-36(2,3)4;1-2-23-28(37-25-10-6-5-9-24(25)36-23)45-20-14-26-27(40)17-31(30(42)38-46(43,44)21-11-12-21)15-19(31)16-32(33,34)13-7-3-4-8-22(35)29(41)39(26)18-20;;/h8-9,12-13,23-26,30H,5-7,10-11,14-22H2,1-4H3,(H,43,48);5-6,9-10,19-22,26H,2-4,7-8,11-18,35H2,1H3,(H,38,42);2*1H/t23-,24+,25-,30+,37-;19-,20+,22-,26-,31+;;/m10../s1. The highest BCUT2D eigenvalue weighted by Gasteiger charge is 2.66. The molecular weight excluding hydrogens is 1400 g/mol. The molecule has 4 aliphatic heterocycles. The molecule has 0 spiro atoms. The number of rotatable bonds is 14. The fourth-order valence-corrected chi connectivity index (χ4v) is 17.6. The second-order valence-corrected chi connectivity index (χ2v) is 33.7. The third-order valence-electron chi connectivity index (χ3n) is 20.8. The molecule has 101 heavy (non-hydrogen) atoms. The van der Waals surface area contributed by atoms with Crippen LogP contribution in [0.2, 0.25) is 0 Å². The van der Waals surface area contributed by atoms with Gasteiger partial charge in [-0.05, 0) is 134 Å². The molecule has 10 atom stereocenters. The van der Waals surface area contributed by atoms with E-state index in [2.05, 4.69) is 24.4 Å². The van der Waals surface area contributed by atoms with E-state index >= 15 is 17.6 Å². The first kappa shape index (κ1) is 78.7. The maximum absolute atomic E-state index is 15.4. The quantitative estimate of drug-likeness (QED) is 0.0781. The van der Waals surface area contributed by atoms with Crippen LogP contribution in [0.5, 0.6) is 11.8 Å². The van der Waals surface area contributed by atoms with Gasteiger partial charge in [0.2, 0.25) is 67.3 Å². The second kappa shape index (κ2) is 31.1. The summed E-state index contributed by atoms with van der Waals surface area (Å²) in [5.41, 5.74) is 6.04. The number of carbonyl (C=O) groups excluding carboxylic acids is 7. The Morgan fingerprint density at radius 3 is 1.37 bits per heavy atom. The van der Waals surface area contributed by atoms with Crippen molar-refractivity contribution in [3.8, 4) is 11.8 Å². The highest BCUT2D eigenvalue weighted by atomic mass is 35.5. The van der Waals surface area contributed by atoms with Gasteiger partial charge in [-0.25, -0.2) is 54.3 Å². The number of carbonyl (C=O) groups is 7. The minimum Gasteiger partial charge on any atom is -0.471 e. The average molecular weight is 1500 g/mol. The summed E-state index contributed by atoms with van der Waals surface area (Å²) in [5.74, 6) is -12.8. The van der Waals surface area contributed by atoms with Gasteiger partial charge < -0.3 is 29.7 Å². The molecule has 4 aromatic rings. The Labute approximate surface area is 598 Å². The van der Waals surface area contributed by atoms with E-state index in [1.54, 1.807) is 26.8 Å². The Bertz CT molecular complexity index is 4020. The Morgan fingerprint density at radius 1 is 0.574 bits per heavy atom. The molecule has 0 unspecified atom stereocenters. The fourth-order valence-electron chi connectivity index (χ4n) is 14.8. The van der Waals surface area contributed by atoms with Crippen molar-refractivity contribution in [3.05, 3.63) is 59.9 Å². The third-order valence-corrected chi connectivity index (χ3v) is 24.4. The number of aryl methyl sites for hydroxylation is 2. The molecule has 8 fully saturated rings. The van der Waals surface area contributed by atoms with Crippen LogP contribution in [0.4, 0.5) is 17.6 Å². The maximum atomic E-state index is 15.4. The molecule has 31 heteroatoms. The van der Waals surface area contributed by atoms with E-state index in [-0.39, 0.29) is 102 Å². The van der Waals surface area contributed by atoms with Crippen LogP contribution in [0, 0.1) is 28.6 Å². The van der Waals surface area contributed by atoms with Gasteiger partial charge in [0.1, 0.15) is 29.2 Å². The SMILES string of the molecule is CCc1nc2ccccc2nc1O[C@@H]1C[C@H]2C(=O)C[C@]3(C(=O)NS(=O)(=O)C4CC4)C[C@H]3CC(F)(F)CCCCC[C@H](CC(=O)OC(C)(C)C)C(=O)N2C1.CCc1nc2ccccc2nc1O[C@@H]1C[C@H]2C(=O)C[C@]3(C(=O)NS(=O)(=O)C4CC4)C[C@H]3CC(F)(F)CCCCC[C@H](N)C(=O)N2C1.Cl.Cl. The van der Waals surface area contributed by atoms with Crippen LogP contribution in [0.25, 0.3) is 22.1 Å². The number of ketones is 2. The predicted octanol–water partition coefficient (Wildman–Crippen LogP) is 9.73. The molecule has 556 valence electrons. The average Bonchev–Trinajstić information content (AvgIpc) is 1.57. The van der Waals surface area contributed by atoms with Gasteiger partial charge in [0.25, 0.3) is 0 Å². The van der Waals surface area contributed by atoms with Crippen LogP contribution < -0.4 is 24.7 Å². The summed E-state index contributed by atoms with van der Waals surface area (Å²) < 4.78 is 134. The lowest BCUT2D eigenvalue weighted by Gasteiger charge is -2.29. The Hall–Kier alpha value is -6.43. The highest BCUT2D eigenvalue weighted by molar-refractivity contribution is 7.91. The third kappa shape index (κ3) is 18.7. The van der Waals surface area contributed by atoms with Crippen molar-refractivity contribution in [1.82, 2.24) is 39.2 Å². The first-order valence-electron chi connectivity index (χ1n) is 35.1. The van der Waals surface area contributed by atoms with Crippen LogP contribution >= 0.6 is 24.8 Å². The van der Waals surface area contributed by atoms with Crippen molar-refractivity contribution in [3.63, 3.8) is 0 Å². The Balaban J connectivity index is 0.000000233. The van der Waals surface area contributed by atoms with Gasteiger partial charge in [0, 0.05) is 57.3 Å². The number of fused-ring (bicyclic) bond motifs is 6. The van der Waals surface area contributed by atoms with Crippen LogP contribution in [0.15, 0.2) is 48.5 Å². The number of esters is 1. The van der Waals surface area contributed by atoms with Crippen molar-refractivity contribution in [1.29, 1.82) is 0 Å². The number of aromatic nitrogens is 4. The van der Waals surface area contributed by atoms with E-state index in [1.165, 1.54) is 9.80 Å². The summed E-state index contributed by atoms with van der Waals surface area (Å²) in [6, 6.07) is 11.6. The van der Waals surface area contributed by atoms with Crippen LogP contribution in [-0.2, 0) is 71.2 Å². The van der Waals surface area contributed by atoms with Crippen molar-refractivity contribution >= 4 is 108 Å². The number of Topliss-reactive ketones (excluding diaryl/α,β-unsaturated/α-hetero) is 2. The molecular formula is C70H93Cl2F4N9O14S2. The zero-order valence-corrected chi connectivity index (χ0v) is 60.9. The summed E-state index contributed by atoms with van der Waals surface area (Å²) in [7, 11) is -7.99. The Morgan fingerprint density at radius 2 is 0.970 bits per heavy atom. The number of para-hydroxylation sites is 4. The number of nitrogens with two attached hydrogens (primary N) is 1. The van der Waals surface area contributed by atoms with E-state index in [4.69, 9.17) is 24.9 Å². The molecule has 4 N–H and O–H groups in total. The summed E-state index contributed by atoms with van der Waals surface area (Å²) in [6.45, 7) is 8.98. The summed E-state index contributed by atoms with van der Waals surface area (Å²) in [5, 5.41) is -1.42. The number of benzene rings is 2.